The van der Waals surface area contributed by atoms with Gasteiger partial charge in [0.15, 0.2) is 0 Å². The second-order valence-electron chi connectivity index (χ2n) is 6.00. The summed E-state index contributed by atoms with van der Waals surface area (Å²) in [5, 5.41) is 9.88. The molecule has 0 aromatic heterocycles. The Kier molecular flexibility index (Phi) is 7.46. The SMILES string of the molecule is NCCCC[C@@H](N)C(=O)N(O)S(=O)(=O)c1ccc(Oc2ccc(F)cc2)cc1. The molecule has 0 aliphatic rings. The Labute approximate surface area is 162 Å². The molecule has 28 heavy (non-hydrogen) atoms. The molecule has 0 unspecified atom stereocenters. The number of rotatable bonds is 9. The second kappa shape index (κ2) is 9.60. The minimum absolute atomic E-state index is 0.201. The molecule has 2 rings (SSSR count). The fourth-order valence-corrected chi connectivity index (χ4v) is 3.36. The maximum atomic E-state index is 12.9. The average molecular weight is 411 g/mol. The topological polar surface area (TPSA) is 136 Å². The number of carbonyl (C=O) groups excluding carboxylic acids is 1. The van der Waals surface area contributed by atoms with E-state index >= 15 is 0 Å². The molecule has 152 valence electrons. The third kappa shape index (κ3) is 5.49. The third-order valence-corrected chi connectivity index (χ3v) is 5.38. The molecule has 10 heteroatoms. The molecule has 0 heterocycles. The minimum atomic E-state index is -4.48. The van der Waals surface area contributed by atoms with E-state index in [1.54, 1.807) is 0 Å². The Morgan fingerprint density at radius 3 is 2.14 bits per heavy atom. The number of nitrogens with two attached hydrogens (primary N) is 2. The Hall–Kier alpha value is -2.53. The zero-order chi connectivity index (χ0) is 20.7. The highest BCUT2D eigenvalue weighted by atomic mass is 32.2. The van der Waals surface area contributed by atoms with Gasteiger partial charge in [-0.1, -0.05) is 6.42 Å². The predicted molar refractivity (Wildman–Crippen MR) is 99.6 cm³/mol. The first kappa shape index (κ1) is 21.8. The number of nitrogens with zero attached hydrogens (tertiary/aromatic N) is 1. The summed E-state index contributed by atoms with van der Waals surface area (Å²) in [6.07, 6.45) is 1.37. The van der Waals surface area contributed by atoms with Crippen molar-refractivity contribution in [3.05, 3.63) is 54.3 Å². The lowest BCUT2D eigenvalue weighted by Crippen LogP contribution is -2.44. The number of amides is 1. The van der Waals surface area contributed by atoms with Crippen molar-refractivity contribution in [3.8, 4) is 11.5 Å². The van der Waals surface area contributed by atoms with Gasteiger partial charge < -0.3 is 16.2 Å². The van der Waals surface area contributed by atoms with Crippen molar-refractivity contribution >= 4 is 15.9 Å². The van der Waals surface area contributed by atoms with E-state index in [-0.39, 0.29) is 15.8 Å². The second-order valence-corrected chi connectivity index (χ2v) is 7.77. The Bertz CT molecular complexity index is 888. The summed E-state index contributed by atoms with van der Waals surface area (Å²) in [7, 11) is -4.48. The maximum Gasteiger partial charge on any atom is 0.289 e. The molecule has 0 bridgehead atoms. The number of halogens is 1. The van der Waals surface area contributed by atoms with Crippen LogP contribution in [0.15, 0.2) is 53.4 Å². The molecular formula is C18H22FN3O5S. The number of hydrogen-bond donors (Lipinski definition) is 3. The van der Waals surface area contributed by atoms with E-state index in [0.717, 1.165) is 0 Å². The van der Waals surface area contributed by atoms with Gasteiger partial charge in [0.2, 0.25) is 0 Å². The van der Waals surface area contributed by atoms with Crippen LogP contribution in [0.4, 0.5) is 4.39 Å². The van der Waals surface area contributed by atoms with E-state index in [4.69, 9.17) is 16.2 Å². The number of benzene rings is 2. The standard InChI is InChI=1S/C18H22FN3O5S/c19-13-4-6-14(7-5-13)27-15-8-10-16(11-9-15)28(25,26)22(24)18(23)17(21)3-1-2-12-20/h4-11,17,24H,1-3,12,20-21H2/t17-/m1/s1. The molecule has 0 fully saturated rings. The number of hydroxylamine groups is 1. The van der Waals surface area contributed by atoms with Crippen LogP contribution < -0.4 is 16.2 Å². The highest BCUT2D eigenvalue weighted by Crippen LogP contribution is 2.24. The molecule has 0 aliphatic carbocycles. The summed E-state index contributed by atoms with van der Waals surface area (Å²) in [5.74, 6) is -0.884. The summed E-state index contributed by atoms with van der Waals surface area (Å²) < 4.78 is 42.9. The summed E-state index contributed by atoms with van der Waals surface area (Å²) in [6.45, 7) is 0.425. The van der Waals surface area contributed by atoms with Crippen LogP contribution >= 0.6 is 0 Å². The van der Waals surface area contributed by atoms with Gasteiger partial charge in [-0.3, -0.25) is 10.0 Å². The molecule has 2 aromatic carbocycles. The van der Waals surface area contributed by atoms with Crippen molar-refractivity contribution in [3.63, 3.8) is 0 Å². The van der Waals surface area contributed by atoms with E-state index in [1.807, 2.05) is 0 Å². The van der Waals surface area contributed by atoms with Gasteiger partial charge in [-0.15, -0.1) is 4.47 Å². The van der Waals surface area contributed by atoms with E-state index in [1.165, 1.54) is 48.5 Å². The smallest absolute Gasteiger partial charge is 0.289 e. The van der Waals surface area contributed by atoms with Crippen molar-refractivity contribution in [2.24, 2.45) is 11.5 Å². The van der Waals surface area contributed by atoms with Crippen molar-refractivity contribution in [2.45, 2.75) is 30.2 Å². The molecule has 0 spiro atoms. The third-order valence-electron chi connectivity index (χ3n) is 3.87. The molecule has 0 saturated carbocycles. The molecule has 8 nitrogen and oxygen atoms in total. The van der Waals surface area contributed by atoms with Gasteiger partial charge in [0, 0.05) is 0 Å². The van der Waals surface area contributed by atoms with Crippen LogP contribution in [0.3, 0.4) is 0 Å². The molecular weight excluding hydrogens is 389 g/mol. The van der Waals surface area contributed by atoms with E-state index < -0.39 is 27.8 Å². The monoisotopic (exact) mass is 411 g/mol. The molecule has 0 radical (unpaired) electrons. The molecule has 0 saturated heterocycles. The van der Waals surface area contributed by atoms with Gasteiger partial charge in [0.05, 0.1) is 10.9 Å². The molecule has 5 N–H and O–H groups in total. The van der Waals surface area contributed by atoms with Crippen LogP contribution in [0.2, 0.25) is 0 Å². The van der Waals surface area contributed by atoms with Crippen LogP contribution in [0.25, 0.3) is 0 Å². The first-order chi connectivity index (χ1) is 13.3. The van der Waals surface area contributed by atoms with E-state index in [0.29, 0.717) is 30.9 Å². The first-order valence-electron chi connectivity index (χ1n) is 8.53. The number of unbranched alkanes of at least 4 members (excludes halogenated alkanes) is 1. The van der Waals surface area contributed by atoms with Gasteiger partial charge in [-0.25, -0.2) is 4.39 Å². The molecule has 0 aliphatic heterocycles. The van der Waals surface area contributed by atoms with Crippen LogP contribution in [0.5, 0.6) is 11.5 Å². The van der Waals surface area contributed by atoms with Crippen LogP contribution in [0, 0.1) is 5.82 Å². The van der Waals surface area contributed by atoms with E-state index in [9.17, 15) is 22.8 Å². The first-order valence-corrected chi connectivity index (χ1v) is 9.97. The molecule has 2 aromatic rings. The lowest BCUT2D eigenvalue weighted by Gasteiger charge is -2.19. The van der Waals surface area contributed by atoms with E-state index in [2.05, 4.69) is 0 Å². The summed E-state index contributed by atoms with van der Waals surface area (Å²) >= 11 is 0. The highest BCUT2D eigenvalue weighted by molar-refractivity contribution is 7.89. The summed E-state index contributed by atoms with van der Waals surface area (Å²) in [4.78, 5) is 11.8. The largest absolute Gasteiger partial charge is 0.457 e. The van der Waals surface area contributed by atoms with Crippen LogP contribution in [-0.2, 0) is 14.8 Å². The van der Waals surface area contributed by atoms with Crippen LogP contribution in [-0.4, -0.2) is 36.6 Å². The fourth-order valence-electron chi connectivity index (χ4n) is 2.31. The normalized spacial score (nSPS) is 12.4. The molecule has 1 atom stereocenters. The van der Waals surface area contributed by atoms with Gasteiger partial charge in [0.1, 0.15) is 17.3 Å². The Morgan fingerprint density at radius 1 is 1.07 bits per heavy atom. The van der Waals surface area contributed by atoms with Crippen molar-refractivity contribution < 1.29 is 27.5 Å². The lowest BCUT2D eigenvalue weighted by molar-refractivity contribution is -0.147. The average Bonchev–Trinajstić information content (AvgIpc) is 2.69. The van der Waals surface area contributed by atoms with Crippen LogP contribution in [0.1, 0.15) is 19.3 Å². The zero-order valence-electron chi connectivity index (χ0n) is 15.0. The zero-order valence-corrected chi connectivity index (χ0v) is 15.8. The van der Waals surface area contributed by atoms with Gasteiger partial charge in [-0.2, -0.15) is 8.42 Å². The van der Waals surface area contributed by atoms with Crippen molar-refractivity contribution in [1.82, 2.24) is 4.47 Å². The maximum absolute atomic E-state index is 12.9. The van der Waals surface area contributed by atoms with Gasteiger partial charge in [0.25, 0.3) is 15.9 Å². The highest BCUT2D eigenvalue weighted by Gasteiger charge is 2.31. The number of ether oxygens (including phenoxy) is 1. The quantitative estimate of drug-likeness (QED) is 0.326. The number of carbonyl (C=O) groups is 1. The summed E-state index contributed by atoms with van der Waals surface area (Å²) in [6, 6.07) is 9.15. The van der Waals surface area contributed by atoms with Gasteiger partial charge in [-0.05, 0) is 67.9 Å². The Morgan fingerprint density at radius 2 is 1.61 bits per heavy atom. The number of sulfonamides is 1. The van der Waals surface area contributed by atoms with Crippen molar-refractivity contribution in [2.75, 3.05) is 6.54 Å². The lowest BCUT2D eigenvalue weighted by atomic mass is 10.1. The predicted octanol–water partition coefficient (Wildman–Crippen LogP) is 1.98. The fraction of sp³-hybridized carbons (Fsp3) is 0.278. The van der Waals surface area contributed by atoms with Gasteiger partial charge >= 0.3 is 0 Å². The van der Waals surface area contributed by atoms with Crippen molar-refractivity contribution in [1.29, 1.82) is 0 Å². The Balaban J connectivity index is 2.07. The molecule has 1 amide bonds. The number of hydrogen-bond acceptors (Lipinski definition) is 7. The summed E-state index contributed by atoms with van der Waals surface area (Å²) in [5.41, 5.74) is 11.0. The minimum Gasteiger partial charge on any atom is -0.457 e.